The first kappa shape index (κ1) is 15.6. The molecule has 5 heteroatoms. The van der Waals surface area contributed by atoms with E-state index in [9.17, 15) is 4.79 Å². The normalized spacial score (nSPS) is 22.0. The minimum Gasteiger partial charge on any atom is -0.385 e. The van der Waals surface area contributed by atoms with E-state index in [4.69, 9.17) is 9.47 Å². The van der Waals surface area contributed by atoms with Crippen molar-refractivity contribution in [3.8, 4) is 0 Å². The third-order valence-electron chi connectivity index (χ3n) is 4.80. The summed E-state index contributed by atoms with van der Waals surface area (Å²) in [6.07, 6.45) is 7.99. The van der Waals surface area contributed by atoms with Crippen LogP contribution in [0.1, 0.15) is 43.8 Å². The van der Waals surface area contributed by atoms with Crippen LogP contribution in [0.5, 0.6) is 0 Å². The van der Waals surface area contributed by atoms with Crippen LogP contribution in [-0.2, 0) is 20.8 Å². The number of hydrogen-bond acceptors (Lipinski definition) is 3. The van der Waals surface area contributed by atoms with Gasteiger partial charge in [0.1, 0.15) is 6.61 Å². The van der Waals surface area contributed by atoms with Crippen molar-refractivity contribution in [2.24, 2.45) is 0 Å². The summed E-state index contributed by atoms with van der Waals surface area (Å²) in [5.41, 5.74) is 1.20. The number of nitrogens with zero attached hydrogens (tertiary/aromatic N) is 2. The van der Waals surface area contributed by atoms with E-state index in [-0.39, 0.29) is 12.5 Å². The van der Waals surface area contributed by atoms with Gasteiger partial charge in [-0.2, -0.15) is 0 Å². The Morgan fingerprint density at radius 3 is 2.95 bits per heavy atom. The van der Waals surface area contributed by atoms with Crippen molar-refractivity contribution in [3.05, 3.63) is 24.0 Å². The van der Waals surface area contributed by atoms with Crippen molar-refractivity contribution in [2.75, 3.05) is 26.9 Å². The summed E-state index contributed by atoms with van der Waals surface area (Å²) in [6, 6.07) is 4.45. The van der Waals surface area contributed by atoms with E-state index in [1.165, 1.54) is 18.5 Å². The molecule has 1 saturated carbocycles. The Morgan fingerprint density at radius 2 is 2.18 bits per heavy atom. The molecule has 1 aliphatic carbocycles. The van der Waals surface area contributed by atoms with Crippen molar-refractivity contribution in [1.82, 2.24) is 9.47 Å². The molecular weight excluding hydrogens is 280 g/mol. The highest BCUT2D eigenvalue weighted by molar-refractivity contribution is 5.77. The fraction of sp³-hybridized carbons (Fsp3) is 0.706. The minimum absolute atomic E-state index is 0.113. The average molecular weight is 306 g/mol. The van der Waals surface area contributed by atoms with Gasteiger partial charge in [-0.25, -0.2) is 0 Å². The lowest BCUT2D eigenvalue weighted by Gasteiger charge is -2.35. The van der Waals surface area contributed by atoms with Crippen LogP contribution in [0, 0.1) is 0 Å². The zero-order chi connectivity index (χ0) is 15.4. The van der Waals surface area contributed by atoms with Crippen LogP contribution >= 0.6 is 0 Å². The molecule has 1 aromatic rings. The summed E-state index contributed by atoms with van der Waals surface area (Å²) in [5, 5.41) is 0. The molecular formula is C17H26N2O3. The lowest BCUT2D eigenvalue weighted by atomic mass is 10.1. The molecule has 1 amide bonds. The minimum atomic E-state index is 0.113. The Kier molecular flexibility index (Phi) is 5.16. The molecule has 0 unspecified atom stereocenters. The zero-order valence-electron chi connectivity index (χ0n) is 13.4. The summed E-state index contributed by atoms with van der Waals surface area (Å²) < 4.78 is 13.3. The second kappa shape index (κ2) is 7.29. The van der Waals surface area contributed by atoms with Crippen LogP contribution in [0.25, 0.3) is 0 Å². The number of ether oxygens (including phenoxy) is 2. The molecule has 0 aromatic carbocycles. The average Bonchev–Trinajstić information content (AvgIpc) is 3.20. The SMILES string of the molecule is COCC[C@H]1CN(C(=O)COC2CCCC2)Cc2cccn21. The summed E-state index contributed by atoms with van der Waals surface area (Å²) in [5.74, 6) is 0.113. The highest BCUT2D eigenvalue weighted by atomic mass is 16.5. The second-order valence-corrected chi connectivity index (χ2v) is 6.33. The van der Waals surface area contributed by atoms with Crippen LogP contribution < -0.4 is 0 Å². The molecule has 0 saturated heterocycles. The number of rotatable bonds is 6. The lowest BCUT2D eigenvalue weighted by molar-refractivity contribution is -0.140. The fourth-order valence-electron chi connectivity index (χ4n) is 3.53. The summed E-state index contributed by atoms with van der Waals surface area (Å²) in [7, 11) is 1.72. The quantitative estimate of drug-likeness (QED) is 0.810. The van der Waals surface area contributed by atoms with Crippen LogP contribution in [-0.4, -0.2) is 48.3 Å². The van der Waals surface area contributed by atoms with E-state index >= 15 is 0 Å². The molecule has 2 aliphatic rings. The maximum Gasteiger partial charge on any atom is 0.249 e. The molecule has 1 fully saturated rings. The van der Waals surface area contributed by atoms with E-state index in [0.717, 1.165) is 25.8 Å². The van der Waals surface area contributed by atoms with E-state index < -0.39 is 0 Å². The largest absolute Gasteiger partial charge is 0.385 e. The molecule has 0 bridgehead atoms. The number of hydrogen-bond donors (Lipinski definition) is 0. The Bertz CT molecular complexity index is 494. The van der Waals surface area contributed by atoms with Crippen LogP contribution in [0.15, 0.2) is 18.3 Å². The predicted octanol–water partition coefficient (Wildman–Crippen LogP) is 2.37. The van der Waals surface area contributed by atoms with Gasteiger partial charge in [-0.1, -0.05) is 12.8 Å². The first-order valence-electron chi connectivity index (χ1n) is 8.32. The first-order chi connectivity index (χ1) is 10.8. The highest BCUT2D eigenvalue weighted by Crippen LogP contribution is 2.25. The molecule has 3 rings (SSSR count). The maximum absolute atomic E-state index is 12.5. The summed E-state index contributed by atoms with van der Waals surface area (Å²) >= 11 is 0. The topological polar surface area (TPSA) is 43.7 Å². The van der Waals surface area contributed by atoms with Gasteiger partial charge in [-0.3, -0.25) is 4.79 Å². The fourth-order valence-corrected chi connectivity index (χ4v) is 3.53. The molecule has 0 radical (unpaired) electrons. The molecule has 1 atom stereocenters. The molecule has 1 aliphatic heterocycles. The highest BCUT2D eigenvalue weighted by Gasteiger charge is 2.28. The van der Waals surface area contributed by atoms with E-state index in [1.54, 1.807) is 7.11 Å². The summed E-state index contributed by atoms with van der Waals surface area (Å²) in [6.45, 7) is 2.37. The third kappa shape index (κ3) is 3.52. The molecule has 1 aromatic heterocycles. The maximum atomic E-state index is 12.5. The molecule has 5 nitrogen and oxygen atoms in total. The van der Waals surface area contributed by atoms with Crippen molar-refractivity contribution in [2.45, 2.75) is 50.8 Å². The van der Waals surface area contributed by atoms with Gasteiger partial charge in [0.25, 0.3) is 0 Å². The van der Waals surface area contributed by atoms with Crippen LogP contribution in [0.4, 0.5) is 0 Å². The molecule has 0 spiro atoms. The van der Waals surface area contributed by atoms with Gasteiger partial charge >= 0.3 is 0 Å². The summed E-state index contributed by atoms with van der Waals surface area (Å²) in [4.78, 5) is 14.4. The van der Waals surface area contributed by atoms with Gasteiger partial charge in [0, 0.05) is 32.2 Å². The lowest BCUT2D eigenvalue weighted by Crippen LogP contribution is -2.43. The predicted molar refractivity (Wildman–Crippen MR) is 83.6 cm³/mol. The van der Waals surface area contributed by atoms with Gasteiger partial charge in [-0.15, -0.1) is 0 Å². The number of carbonyl (C=O) groups is 1. The van der Waals surface area contributed by atoms with Crippen molar-refractivity contribution < 1.29 is 14.3 Å². The smallest absolute Gasteiger partial charge is 0.249 e. The monoisotopic (exact) mass is 306 g/mol. The van der Waals surface area contributed by atoms with Gasteiger partial charge in [-0.05, 0) is 31.4 Å². The Balaban J connectivity index is 1.58. The van der Waals surface area contributed by atoms with Gasteiger partial charge < -0.3 is 18.9 Å². The molecule has 0 N–H and O–H groups in total. The van der Waals surface area contributed by atoms with Gasteiger partial charge in [0.05, 0.1) is 18.7 Å². The Labute approximate surface area is 132 Å². The first-order valence-corrected chi connectivity index (χ1v) is 8.32. The van der Waals surface area contributed by atoms with Crippen molar-refractivity contribution in [3.63, 3.8) is 0 Å². The third-order valence-corrected chi connectivity index (χ3v) is 4.80. The molecule has 2 heterocycles. The number of fused-ring (bicyclic) bond motifs is 1. The number of amides is 1. The van der Waals surface area contributed by atoms with Crippen LogP contribution in [0.3, 0.4) is 0 Å². The molecule has 122 valence electrons. The number of carbonyl (C=O) groups excluding carboxylic acids is 1. The van der Waals surface area contributed by atoms with Crippen LogP contribution in [0.2, 0.25) is 0 Å². The number of methoxy groups -OCH3 is 1. The van der Waals surface area contributed by atoms with E-state index in [1.807, 2.05) is 4.90 Å². The van der Waals surface area contributed by atoms with E-state index in [0.29, 0.717) is 25.3 Å². The molecule has 22 heavy (non-hydrogen) atoms. The second-order valence-electron chi connectivity index (χ2n) is 6.33. The number of aromatic nitrogens is 1. The Hall–Kier alpha value is -1.33. The van der Waals surface area contributed by atoms with Gasteiger partial charge in [0.15, 0.2) is 0 Å². The standard InChI is InChI=1S/C17H26N2O3/c1-21-10-8-15-12-18(11-14-5-4-9-19(14)15)17(20)13-22-16-6-2-3-7-16/h4-5,9,15-16H,2-3,6-8,10-13H2,1H3/t15-/m0/s1. The van der Waals surface area contributed by atoms with Crippen molar-refractivity contribution in [1.29, 1.82) is 0 Å². The Morgan fingerprint density at radius 1 is 1.36 bits per heavy atom. The zero-order valence-corrected chi connectivity index (χ0v) is 13.4. The van der Waals surface area contributed by atoms with E-state index in [2.05, 4.69) is 22.9 Å². The van der Waals surface area contributed by atoms with Gasteiger partial charge in [0.2, 0.25) is 5.91 Å². The van der Waals surface area contributed by atoms with Crippen molar-refractivity contribution >= 4 is 5.91 Å².